The number of carbonyl (C=O) groups excluding carboxylic acids is 4. The number of benzene rings is 2. The lowest BCUT2D eigenvalue weighted by molar-refractivity contribution is -0.125. The van der Waals surface area contributed by atoms with Crippen LogP contribution in [0.25, 0.3) is 0 Å². The Balaban J connectivity index is 1.41. The molecule has 0 saturated carbocycles. The second-order valence-corrected chi connectivity index (χ2v) is 9.61. The molecule has 2 saturated heterocycles. The summed E-state index contributed by atoms with van der Waals surface area (Å²) < 4.78 is 0. The first-order chi connectivity index (χ1) is 15.8. The molecule has 0 N–H and O–H groups in total. The van der Waals surface area contributed by atoms with Crippen LogP contribution < -0.4 is 9.80 Å². The molecule has 8 heteroatoms. The second kappa shape index (κ2) is 8.12. The van der Waals surface area contributed by atoms with Gasteiger partial charge in [0.2, 0.25) is 23.6 Å². The van der Waals surface area contributed by atoms with Gasteiger partial charge in [-0.1, -0.05) is 34.9 Å². The fourth-order valence-corrected chi connectivity index (χ4v) is 5.51. The third-order valence-corrected chi connectivity index (χ3v) is 7.29. The van der Waals surface area contributed by atoms with Crippen LogP contribution >= 0.6 is 23.2 Å². The number of halogens is 2. The summed E-state index contributed by atoms with van der Waals surface area (Å²) in [6.45, 7) is 1.82. The van der Waals surface area contributed by atoms with Crippen molar-refractivity contribution in [1.82, 2.24) is 0 Å². The molecule has 2 aromatic rings. The maximum absolute atomic E-state index is 13.3. The Bertz CT molecular complexity index is 1210. The molecule has 2 aliphatic heterocycles. The Labute approximate surface area is 200 Å². The SMILES string of the molecule is CC1=C[C@@H]([C@@H]2CC(=O)N(c3ccc(Cl)cc3)C2=O)C[C@@H]2C(=O)N(c3ccc(Cl)cc3)C(=O)[C@H]12. The first-order valence-electron chi connectivity index (χ1n) is 10.7. The van der Waals surface area contributed by atoms with Crippen molar-refractivity contribution in [2.24, 2.45) is 23.7 Å². The lowest BCUT2D eigenvalue weighted by Gasteiger charge is -2.29. The number of nitrogens with zero attached hydrogens (tertiary/aromatic N) is 2. The van der Waals surface area contributed by atoms with E-state index >= 15 is 0 Å². The molecule has 0 unspecified atom stereocenters. The van der Waals surface area contributed by atoms with Crippen molar-refractivity contribution in [3.05, 3.63) is 70.2 Å². The van der Waals surface area contributed by atoms with Crippen molar-refractivity contribution in [3.63, 3.8) is 0 Å². The number of hydrogen-bond donors (Lipinski definition) is 0. The molecule has 1 aliphatic carbocycles. The maximum atomic E-state index is 13.3. The quantitative estimate of drug-likeness (QED) is 0.471. The average molecular weight is 483 g/mol. The summed E-state index contributed by atoms with van der Waals surface area (Å²) in [5.74, 6) is -3.11. The molecular formula is C25H20Cl2N2O4. The Hall–Kier alpha value is -2.96. The van der Waals surface area contributed by atoms with Crippen molar-refractivity contribution >= 4 is 58.2 Å². The van der Waals surface area contributed by atoms with Crippen molar-refractivity contribution in [2.45, 2.75) is 19.8 Å². The molecule has 0 radical (unpaired) electrons. The highest BCUT2D eigenvalue weighted by Gasteiger charge is 2.53. The number of fused-ring (bicyclic) bond motifs is 1. The zero-order chi connectivity index (χ0) is 23.4. The van der Waals surface area contributed by atoms with E-state index in [4.69, 9.17) is 23.2 Å². The Morgan fingerprint density at radius 1 is 0.727 bits per heavy atom. The summed E-state index contributed by atoms with van der Waals surface area (Å²) in [5, 5.41) is 1.03. The van der Waals surface area contributed by atoms with Crippen molar-refractivity contribution in [2.75, 3.05) is 9.80 Å². The molecule has 6 nitrogen and oxygen atoms in total. The van der Waals surface area contributed by atoms with Gasteiger partial charge in [-0.25, -0.2) is 4.90 Å². The molecule has 33 heavy (non-hydrogen) atoms. The topological polar surface area (TPSA) is 74.8 Å². The van der Waals surface area contributed by atoms with E-state index in [0.717, 1.165) is 5.57 Å². The van der Waals surface area contributed by atoms with Crippen LogP contribution in [0.1, 0.15) is 19.8 Å². The van der Waals surface area contributed by atoms with Crippen LogP contribution in [0.15, 0.2) is 60.2 Å². The Kier molecular flexibility index (Phi) is 5.38. The Morgan fingerprint density at radius 3 is 1.82 bits per heavy atom. The van der Waals surface area contributed by atoms with Crippen molar-refractivity contribution in [1.29, 1.82) is 0 Å². The van der Waals surface area contributed by atoms with Crippen LogP contribution in [0.5, 0.6) is 0 Å². The van der Waals surface area contributed by atoms with E-state index in [0.29, 0.717) is 27.8 Å². The van der Waals surface area contributed by atoms with E-state index in [1.807, 2.05) is 13.0 Å². The minimum atomic E-state index is -0.573. The highest BCUT2D eigenvalue weighted by Crippen LogP contribution is 2.46. The number of anilines is 2. The van der Waals surface area contributed by atoms with Crippen LogP contribution in [-0.4, -0.2) is 23.6 Å². The normalized spacial score (nSPS) is 27.3. The number of rotatable bonds is 3. The van der Waals surface area contributed by atoms with Crippen LogP contribution in [0.2, 0.25) is 10.0 Å². The summed E-state index contributed by atoms with van der Waals surface area (Å²) >= 11 is 11.9. The zero-order valence-electron chi connectivity index (χ0n) is 17.7. The standard InChI is InChI=1S/C25H20Cl2N2O4/c1-13-10-14(19-12-21(30)28(23(19)31)17-6-2-15(26)3-7-17)11-20-22(13)25(33)29(24(20)32)18-8-4-16(27)5-9-18/h2-10,14,19-20,22H,11-12H2,1H3/t14-,19+,20+,22-/m1/s1. The maximum Gasteiger partial charge on any atom is 0.241 e. The molecule has 0 bridgehead atoms. The van der Waals surface area contributed by atoms with Crippen LogP contribution in [0, 0.1) is 23.7 Å². The number of allylic oxidation sites excluding steroid dienone is 1. The number of carbonyl (C=O) groups is 4. The molecule has 3 aliphatic rings. The van der Waals surface area contributed by atoms with Gasteiger partial charge in [0.1, 0.15) is 0 Å². The van der Waals surface area contributed by atoms with E-state index in [1.165, 1.54) is 9.80 Å². The number of hydrogen-bond acceptors (Lipinski definition) is 4. The predicted octanol–water partition coefficient (Wildman–Crippen LogP) is 4.64. The first kappa shape index (κ1) is 21.9. The van der Waals surface area contributed by atoms with Gasteiger partial charge in [0.05, 0.1) is 29.1 Å². The summed E-state index contributed by atoms with van der Waals surface area (Å²) in [5.41, 5.74) is 1.72. The van der Waals surface area contributed by atoms with Crippen LogP contribution in [-0.2, 0) is 19.2 Å². The van der Waals surface area contributed by atoms with Gasteiger partial charge in [-0.15, -0.1) is 0 Å². The third-order valence-electron chi connectivity index (χ3n) is 6.79. The minimum absolute atomic E-state index is 0.0658. The molecule has 0 aromatic heterocycles. The van der Waals surface area contributed by atoms with E-state index < -0.39 is 17.8 Å². The predicted molar refractivity (Wildman–Crippen MR) is 125 cm³/mol. The van der Waals surface area contributed by atoms with Crippen LogP contribution in [0.4, 0.5) is 11.4 Å². The first-order valence-corrected chi connectivity index (χ1v) is 11.5. The van der Waals surface area contributed by atoms with Gasteiger partial charge in [-0.05, 0) is 67.8 Å². The van der Waals surface area contributed by atoms with Crippen molar-refractivity contribution < 1.29 is 19.2 Å². The molecule has 4 atom stereocenters. The zero-order valence-corrected chi connectivity index (χ0v) is 19.2. The van der Waals surface area contributed by atoms with E-state index in [9.17, 15) is 19.2 Å². The van der Waals surface area contributed by atoms with E-state index in [-0.39, 0.29) is 36.0 Å². The summed E-state index contributed by atoms with van der Waals surface area (Å²) in [6.07, 6.45) is 2.31. The molecule has 5 rings (SSSR count). The molecule has 2 heterocycles. The Morgan fingerprint density at radius 2 is 1.24 bits per heavy atom. The smallest absolute Gasteiger partial charge is 0.241 e. The molecule has 2 aromatic carbocycles. The molecule has 0 spiro atoms. The third kappa shape index (κ3) is 3.58. The largest absolute Gasteiger partial charge is 0.274 e. The van der Waals surface area contributed by atoms with Gasteiger partial charge >= 0.3 is 0 Å². The summed E-state index contributed by atoms with van der Waals surface area (Å²) in [4.78, 5) is 54.8. The van der Waals surface area contributed by atoms with Gasteiger partial charge < -0.3 is 0 Å². The van der Waals surface area contributed by atoms with Gasteiger partial charge in [0.15, 0.2) is 0 Å². The molecule has 2 fully saturated rings. The lowest BCUT2D eigenvalue weighted by atomic mass is 9.71. The van der Waals surface area contributed by atoms with E-state index in [1.54, 1.807) is 48.5 Å². The van der Waals surface area contributed by atoms with E-state index in [2.05, 4.69) is 0 Å². The molecule has 168 valence electrons. The molecular weight excluding hydrogens is 463 g/mol. The minimum Gasteiger partial charge on any atom is -0.274 e. The summed E-state index contributed by atoms with van der Waals surface area (Å²) in [6, 6.07) is 13.1. The highest BCUT2D eigenvalue weighted by atomic mass is 35.5. The second-order valence-electron chi connectivity index (χ2n) is 8.74. The fourth-order valence-electron chi connectivity index (χ4n) is 5.26. The van der Waals surface area contributed by atoms with Crippen LogP contribution in [0.3, 0.4) is 0 Å². The van der Waals surface area contributed by atoms with Gasteiger partial charge in [-0.2, -0.15) is 0 Å². The highest BCUT2D eigenvalue weighted by molar-refractivity contribution is 6.31. The average Bonchev–Trinajstić information content (AvgIpc) is 3.22. The summed E-state index contributed by atoms with van der Waals surface area (Å²) in [7, 11) is 0. The van der Waals surface area contributed by atoms with Gasteiger partial charge in [0.25, 0.3) is 0 Å². The van der Waals surface area contributed by atoms with Gasteiger partial charge in [-0.3, -0.25) is 24.1 Å². The number of amides is 4. The lowest BCUT2D eigenvalue weighted by Crippen LogP contribution is -2.35. The van der Waals surface area contributed by atoms with Crippen molar-refractivity contribution in [3.8, 4) is 0 Å². The molecule has 4 amide bonds. The number of imide groups is 2. The fraction of sp³-hybridized carbons (Fsp3) is 0.280. The monoisotopic (exact) mass is 482 g/mol. The van der Waals surface area contributed by atoms with Gasteiger partial charge in [0, 0.05) is 16.5 Å².